The SMILES string of the molecule is CCCCCCCCCCCCC/C=C/CCCCCC1N=CC[N+]1(CC)CCO. The highest BCUT2D eigenvalue weighted by atomic mass is 16.3. The maximum absolute atomic E-state index is 9.39. The molecule has 0 saturated carbocycles. The summed E-state index contributed by atoms with van der Waals surface area (Å²) < 4.78 is 0.968. The molecule has 0 spiro atoms. The van der Waals surface area contributed by atoms with E-state index in [1.807, 2.05) is 0 Å². The first kappa shape index (κ1) is 27.4. The van der Waals surface area contributed by atoms with Gasteiger partial charge in [-0.05, 0) is 39.0 Å². The number of allylic oxidation sites excluding steroid dienone is 2. The predicted octanol–water partition coefficient (Wildman–Crippen LogP) is 7.43. The molecule has 1 aliphatic heterocycles. The highest BCUT2D eigenvalue weighted by molar-refractivity contribution is 5.60. The zero-order valence-corrected chi connectivity index (χ0v) is 20.5. The Bertz CT molecular complexity index is 435. The second-order valence-electron chi connectivity index (χ2n) is 9.41. The van der Waals surface area contributed by atoms with Crippen LogP contribution in [-0.4, -0.2) is 48.2 Å². The van der Waals surface area contributed by atoms with Crippen LogP contribution in [0.3, 0.4) is 0 Å². The van der Waals surface area contributed by atoms with Crippen LogP contribution in [0.15, 0.2) is 17.1 Å². The molecule has 0 aromatic heterocycles. The Kier molecular flexibility index (Phi) is 17.4. The van der Waals surface area contributed by atoms with E-state index >= 15 is 0 Å². The summed E-state index contributed by atoms with van der Waals surface area (Å²) in [5, 5.41) is 9.39. The van der Waals surface area contributed by atoms with Crippen molar-refractivity contribution in [1.82, 2.24) is 0 Å². The van der Waals surface area contributed by atoms with E-state index in [-0.39, 0.29) is 6.61 Å². The maximum Gasteiger partial charge on any atom is 0.182 e. The number of aliphatic hydroxyl groups excluding tert-OH is 1. The third kappa shape index (κ3) is 12.2. The lowest BCUT2D eigenvalue weighted by Gasteiger charge is -2.37. The summed E-state index contributed by atoms with van der Waals surface area (Å²) in [6.45, 7) is 7.73. The van der Waals surface area contributed by atoms with Crippen LogP contribution in [-0.2, 0) is 0 Å². The van der Waals surface area contributed by atoms with E-state index < -0.39 is 0 Å². The molecular formula is C27H53N2O+. The number of nitrogens with zero attached hydrogens (tertiary/aromatic N) is 2. The van der Waals surface area contributed by atoms with Crippen LogP contribution in [0.2, 0.25) is 0 Å². The molecule has 0 bridgehead atoms. The van der Waals surface area contributed by atoms with Crippen molar-refractivity contribution in [2.45, 2.75) is 129 Å². The Morgan fingerprint density at radius 3 is 1.87 bits per heavy atom. The monoisotopic (exact) mass is 421 g/mol. The number of unbranched alkanes of at least 4 members (excludes halogenated alkanes) is 14. The summed E-state index contributed by atoms with van der Waals surface area (Å²) in [4.78, 5) is 4.71. The molecule has 2 unspecified atom stereocenters. The standard InChI is InChI=1S/C27H53N2O/c1-3-5-6-7-8-9-10-11-12-13-14-15-16-17-18-19-20-21-22-27-28-23-24-29(27,4-2)25-26-30/h16-17,23,27,30H,3-15,18-22,24-26H2,1-2H3/q+1/b17-16+. The van der Waals surface area contributed by atoms with E-state index in [2.05, 4.69) is 32.2 Å². The Hall–Kier alpha value is -0.670. The molecular weight excluding hydrogens is 368 g/mol. The molecule has 0 radical (unpaired) electrons. The van der Waals surface area contributed by atoms with Gasteiger partial charge < -0.3 is 5.11 Å². The minimum atomic E-state index is 0.275. The molecule has 1 heterocycles. The van der Waals surface area contributed by atoms with Gasteiger partial charge in [-0.25, -0.2) is 4.99 Å². The van der Waals surface area contributed by atoms with Crippen molar-refractivity contribution in [3.8, 4) is 0 Å². The molecule has 1 N–H and O–H groups in total. The molecule has 3 nitrogen and oxygen atoms in total. The van der Waals surface area contributed by atoms with Crippen molar-refractivity contribution in [1.29, 1.82) is 0 Å². The number of hydrogen-bond acceptors (Lipinski definition) is 2. The lowest BCUT2D eigenvalue weighted by atomic mass is 10.0. The smallest absolute Gasteiger partial charge is 0.182 e. The fraction of sp³-hybridized carbons (Fsp3) is 0.889. The topological polar surface area (TPSA) is 32.6 Å². The van der Waals surface area contributed by atoms with Gasteiger partial charge in [0.05, 0.1) is 19.4 Å². The number of likely N-dealkylation sites (N-methyl/N-ethyl adjacent to an activating group) is 1. The second-order valence-corrected chi connectivity index (χ2v) is 9.41. The quantitative estimate of drug-likeness (QED) is 0.117. The highest BCUT2D eigenvalue weighted by Crippen LogP contribution is 2.24. The van der Waals surface area contributed by atoms with Gasteiger partial charge in [0, 0.05) is 6.42 Å². The minimum absolute atomic E-state index is 0.275. The number of rotatable bonds is 21. The summed E-state index contributed by atoms with van der Waals surface area (Å²) in [5.74, 6) is 0. The third-order valence-electron chi connectivity index (χ3n) is 7.00. The fourth-order valence-electron chi connectivity index (χ4n) is 4.81. The molecule has 1 aliphatic rings. The van der Waals surface area contributed by atoms with Gasteiger partial charge in [-0.2, -0.15) is 0 Å². The average Bonchev–Trinajstić information content (AvgIpc) is 3.16. The van der Waals surface area contributed by atoms with Gasteiger partial charge in [0.1, 0.15) is 13.1 Å². The minimum Gasteiger partial charge on any atom is -0.391 e. The molecule has 0 aromatic rings. The normalized spacial score (nSPS) is 21.2. The first-order chi connectivity index (χ1) is 14.8. The molecule has 0 aromatic carbocycles. The van der Waals surface area contributed by atoms with Crippen molar-refractivity contribution < 1.29 is 9.59 Å². The van der Waals surface area contributed by atoms with Crippen LogP contribution in [0, 0.1) is 0 Å². The number of quaternary nitrogens is 1. The summed E-state index contributed by atoms with van der Waals surface area (Å²) in [7, 11) is 0. The van der Waals surface area contributed by atoms with E-state index in [1.54, 1.807) is 0 Å². The van der Waals surface area contributed by atoms with Crippen molar-refractivity contribution in [2.24, 2.45) is 4.99 Å². The van der Waals surface area contributed by atoms with Gasteiger partial charge in [0.15, 0.2) is 6.17 Å². The first-order valence-corrected chi connectivity index (χ1v) is 13.4. The summed E-state index contributed by atoms with van der Waals surface area (Å²) in [5.41, 5.74) is 0. The van der Waals surface area contributed by atoms with E-state index in [0.29, 0.717) is 6.17 Å². The largest absolute Gasteiger partial charge is 0.391 e. The van der Waals surface area contributed by atoms with Crippen LogP contribution in [0.4, 0.5) is 0 Å². The van der Waals surface area contributed by atoms with Crippen molar-refractivity contribution in [2.75, 3.05) is 26.2 Å². The third-order valence-corrected chi connectivity index (χ3v) is 7.00. The molecule has 0 fully saturated rings. The number of aliphatic hydroxyl groups is 1. The Balaban J connectivity index is 1.87. The zero-order chi connectivity index (χ0) is 21.8. The summed E-state index contributed by atoms with van der Waals surface area (Å²) in [6.07, 6.45) is 30.5. The molecule has 0 amide bonds. The molecule has 1 rings (SSSR count). The summed E-state index contributed by atoms with van der Waals surface area (Å²) in [6, 6.07) is 0. The maximum atomic E-state index is 9.39. The van der Waals surface area contributed by atoms with Crippen molar-refractivity contribution >= 4 is 6.21 Å². The summed E-state index contributed by atoms with van der Waals surface area (Å²) >= 11 is 0. The van der Waals surface area contributed by atoms with E-state index in [9.17, 15) is 5.11 Å². The molecule has 0 aliphatic carbocycles. The van der Waals surface area contributed by atoms with Gasteiger partial charge in [0.25, 0.3) is 0 Å². The predicted molar refractivity (Wildman–Crippen MR) is 133 cm³/mol. The van der Waals surface area contributed by atoms with Crippen LogP contribution in [0.5, 0.6) is 0 Å². The van der Waals surface area contributed by atoms with Gasteiger partial charge in [0.2, 0.25) is 0 Å². The highest BCUT2D eigenvalue weighted by Gasteiger charge is 2.36. The Morgan fingerprint density at radius 2 is 1.33 bits per heavy atom. The van der Waals surface area contributed by atoms with Crippen LogP contribution in [0.1, 0.15) is 123 Å². The Morgan fingerprint density at radius 1 is 0.800 bits per heavy atom. The van der Waals surface area contributed by atoms with Crippen LogP contribution in [0.25, 0.3) is 0 Å². The Labute approximate surface area is 188 Å². The van der Waals surface area contributed by atoms with Crippen molar-refractivity contribution in [3.63, 3.8) is 0 Å². The van der Waals surface area contributed by atoms with E-state index in [0.717, 1.165) is 24.1 Å². The number of aliphatic imine (C=N–C) groups is 1. The van der Waals surface area contributed by atoms with Crippen LogP contribution < -0.4 is 0 Å². The van der Waals surface area contributed by atoms with Crippen LogP contribution >= 0.6 is 0 Å². The van der Waals surface area contributed by atoms with E-state index in [1.165, 1.54) is 109 Å². The lowest BCUT2D eigenvalue weighted by molar-refractivity contribution is -0.936. The van der Waals surface area contributed by atoms with E-state index in [4.69, 9.17) is 4.99 Å². The molecule has 3 heteroatoms. The van der Waals surface area contributed by atoms with Gasteiger partial charge in [-0.1, -0.05) is 89.7 Å². The van der Waals surface area contributed by atoms with Gasteiger partial charge >= 0.3 is 0 Å². The molecule has 2 atom stereocenters. The molecule has 30 heavy (non-hydrogen) atoms. The zero-order valence-electron chi connectivity index (χ0n) is 20.5. The number of hydrogen-bond donors (Lipinski definition) is 1. The van der Waals surface area contributed by atoms with Gasteiger partial charge in [-0.15, -0.1) is 0 Å². The fourth-order valence-corrected chi connectivity index (χ4v) is 4.81. The average molecular weight is 422 g/mol. The van der Waals surface area contributed by atoms with Gasteiger partial charge in [-0.3, -0.25) is 4.48 Å². The molecule has 176 valence electrons. The molecule has 0 saturated heterocycles. The lowest BCUT2D eigenvalue weighted by Crippen LogP contribution is -2.53. The van der Waals surface area contributed by atoms with Crippen molar-refractivity contribution in [3.05, 3.63) is 12.2 Å². The second kappa shape index (κ2) is 19.0. The first-order valence-electron chi connectivity index (χ1n) is 13.4.